The van der Waals surface area contributed by atoms with Gasteiger partial charge in [0.2, 0.25) is 5.91 Å². The summed E-state index contributed by atoms with van der Waals surface area (Å²) in [7, 11) is 3.17. The molecule has 0 saturated carbocycles. The summed E-state index contributed by atoms with van der Waals surface area (Å²) < 4.78 is 10.6. The Hall–Kier alpha value is -2.82. The molecule has 0 aromatic heterocycles. The Kier molecular flexibility index (Phi) is 7.41. The number of nitrogens with zero attached hydrogens (tertiary/aromatic N) is 1. The molecule has 0 bridgehead atoms. The largest absolute Gasteiger partial charge is 0.493 e. The number of ketones is 1. The highest BCUT2D eigenvalue weighted by atomic mass is 16.5. The number of rotatable bonds is 9. The number of ether oxygens (including phenoxy) is 2. The first-order chi connectivity index (χ1) is 13.0. The normalized spacial score (nSPS) is 10.4. The minimum Gasteiger partial charge on any atom is -0.493 e. The highest BCUT2D eigenvalue weighted by Gasteiger charge is 2.16. The van der Waals surface area contributed by atoms with E-state index in [9.17, 15) is 9.59 Å². The molecule has 0 saturated heterocycles. The third kappa shape index (κ3) is 5.58. The Balaban J connectivity index is 1.97. The summed E-state index contributed by atoms with van der Waals surface area (Å²) in [6.07, 6.45) is 0.415. The van der Waals surface area contributed by atoms with Gasteiger partial charge in [-0.25, -0.2) is 0 Å². The number of carbonyl (C=O) groups excluding carboxylic acids is 2. The molecule has 0 aliphatic carbocycles. The van der Waals surface area contributed by atoms with E-state index < -0.39 is 0 Å². The third-order valence-electron chi connectivity index (χ3n) is 4.50. The van der Waals surface area contributed by atoms with Gasteiger partial charge in [0.15, 0.2) is 17.3 Å². The lowest BCUT2D eigenvalue weighted by Crippen LogP contribution is -2.30. The van der Waals surface area contributed by atoms with E-state index in [1.54, 1.807) is 19.1 Å². The molecule has 0 fully saturated rings. The average Bonchev–Trinajstić information content (AvgIpc) is 2.70. The van der Waals surface area contributed by atoms with Crippen molar-refractivity contribution < 1.29 is 19.1 Å². The van der Waals surface area contributed by atoms with Crippen molar-refractivity contribution in [1.82, 2.24) is 4.90 Å². The summed E-state index contributed by atoms with van der Waals surface area (Å²) in [6, 6.07) is 13.0. The number of methoxy groups -OCH3 is 2. The molecule has 27 heavy (non-hydrogen) atoms. The molecule has 5 nitrogen and oxygen atoms in total. The van der Waals surface area contributed by atoms with E-state index in [0.717, 1.165) is 11.1 Å². The molecule has 0 radical (unpaired) electrons. The summed E-state index contributed by atoms with van der Waals surface area (Å²) in [5.41, 5.74) is 2.71. The van der Waals surface area contributed by atoms with E-state index in [1.165, 1.54) is 0 Å². The van der Waals surface area contributed by atoms with Crippen molar-refractivity contribution in [3.05, 3.63) is 59.2 Å². The van der Waals surface area contributed by atoms with Gasteiger partial charge in [0.1, 0.15) is 0 Å². The van der Waals surface area contributed by atoms with Crippen LogP contribution < -0.4 is 9.47 Å². The first-order valence-corrected chi connectivity index (χ1v) is 9.07. The Morgan fingerprint density at radius 2 is 1.59 bits per heavy atom. The molecule has 0 atom stereocenters. The molecular formula is C22H27NO4. The van der Waals surface area contributed by atoms with Crippen molar-refractivity contribution in [2.45, 2.75) is 33.2 Å². The second kappa shape index (κ2) is 9.76. The molecule has 0 spiro atoms. The fourth-order valence-corrected chi connectivity index (χ4v) is 2.84. The van der Waals surface area contributed by atoms with Crippen molar-refractivity contribution >= 4 is 11.7 Å². The minimum absolute atomic E-state index is 0.00878. The van der Waals surface area contributed by atoms with E-state index in [1.807, 2.05) is 56.3 Å². The van der Waals surface area contributed by atoms with Gasteiger partial charge in [0, 0.05) is 31.5 Å². The predicted octanol–water partition coefficient (Wildman–Crippen LogP) is 4.02. The standard InChI is InChI=1S/C22H27NO4/c1-5-23(15-17-8-12-20(26-3)21(14-17)27-4)22(25)13-11-19(24)18-9-6-16(2)7-10-18/h6-10,12,14H,5,11,13,15H2,1-4H3. The lowest BCUT2D eigenvalue weighted by atomic mass is 10.0. The van der Waals surface area contributed by atoms with Gasteiger partial charge < -0.3 is 14.4 Å². The number of amides is 1. The summed E-state index contributed by atoms with van der Waals surface area (Å²) in [5, 5.41) is 0. The van der Waals surface area contributed by atoms with Crippen molar-refractivity contribution in [1.29, 1.82) is 0 Å². The summed E-state index contributed by atoms with van der Waals surface area (Å²) in [4.78, 5) is 26.6. The van der Waals surface area contributed by atoms with Crippen molar-refractivity contribution in [3.8, 4) is 11.5 Å². The Bertz CT molecular complexity index is 783. The van der Waals surface area contributed by atoms with Gasteiger partial charge in [-0.1, -0.05) is 35.9 Å². The molecule has 144 valence electrons. The van der Waals surface area contributed by atoms with E-state index >= 15 is 0 Å². The average molecular weight is 369 g/mol. The maximum atomic E-state index is 12.6. The highest BCUT2D eigenvalue weighted by Crippen LogP contribution is 2.28. The van der Waals surface area contributed by atoms with E-state index in [0.29, 0.717) is 30.2 Å². The fraction of sp³-hybridized carbons (Fsp3) is 0.364. The van der Waals surface area contributed by atoms with Crippen LogP contribution in [0.5, 0.6) is 11.5 Å². The number of Topliss-reactive ketones (excluding diaryl/α,β-unsaturated/α-hetero) is 1. The number of aryl methyl sites for hydroxylation is 1. The maximum Gasteiger partial charge on any atom is 0.223 e. The van der Waals surface area contributed by atoms with Crippen LogP contribution in [-0.2, 0) is 11.3 Å². The molecule has 0 aliphatic heterocycles. The van der Waals surface area contributed by atoms with Crippen molar-refractivity contribution in [2.24, 2.45) is 0 Å². The van der Waals surface area contributed by atoms with Crippen molar-refractivity contribution in [2.75, 3.05) is 20.8 Å². The summed E-state index contributed by atoms with van der Waals surface area (Å²) >= 11 is 0. The van der Waals surface area contributed by atoms with Gasteiger partial charge in [-0.05, 0) is 31.5 Å². The van der Waals surface area contributed by atoms with Crippen LogP contribution in [0.1, 0.15) is 41.3 Å². The monoisotopic (exact) mass is 369 g/mol. The summed E-state index contributed by atoms with van der Waals surface area (Å²) in [5.74, 6) is 1.24. The van der Waals surface area contributed by atoms with Crippen LogP contribution >= 0.6 is 0 Å². The first kappa shape index (κ1) is 20.5. The van der Waals surface area contributed by atoms with Crippen LogP contribution in [0.3, 0.4) is 0 Å². The second-order valence-electron chi connectivity index (χ2n) is 6.39. The molecule has 5 heteroatoms. The number of carbonyl (C=O) groups is 2. The molecule has 0 unspecified atom stereocenters. The first-order valence-electron chi connectivity index (χ1n) is 9.07. The lowest BCUT2D eigenvalue weighted by molar-refractivity contribution is -0.131. The topological polar surface area (TPSA) is 55.8 Å². The zero-order chi connectivity index (χ0) is 19.8. The van der Waals surface area contributed by atoms with Crippen LogP contribution in [0.4, 0.5) is 0 Å². The van der Waals surface area contributed by atoms with Crippen molar-refractivity contribution in [3.63, 3.8) is 0 Å². The SMILES string of the molecule is CCN(Cc1ccc(OC)c(OC)c1)C(=O)CCC(=O)c1ccc(C)cc1. The highest BCUT2D eigenvalue weighted by molar-refractivity contribution is 5.97. The van der Waals surface area contributed by atoms with Crippen LogP contribution in [0.25, 0.3) is 0 Å². The van der Waals surface area contributed by atoms with E-state index in [-0.39, 0.29) is 24.5 Å². The van der Waals surface area contributed by atoms with Gasteiger partial charge >= 0.3 is 0 Å². The molecule has 2 aromatic carbocycles. The quantitative estimate of drug-likeness (QED) is 0.627. The molecule has 0 aliphatic rings. The third-order valence-corrected chi connectivity index (χ3v) is 4.50. The van der Waals surface area contributed by atoms with Gasteiger partial charge in [-0.15, -0.1) is 0 Å². The number of hydrogen-bond donors (Lipinski definition) is 0. The van der Waals surface area contributed by atoms with Gasteiger partial charge in [-0.3, -0.25) is 9.59 Å². The second-order valence-corrected chi connectivity index (χ2v) is 6.39. The van der Waals surface area contributed by atoms with E-state index in [4.69, 9.17) is 9.47 Å². The van der Waals surface area contributed by atoms with Gasteiger partial charge in [-0.2, -0.15) is 0 Å². The molecule has 2 rings (SSSR count). The van der Waals surface area contributed by atoms with Crippen LogP contribution in [0.15, 0.2) is 42.5 Å². The minimum atomic E-state index is -0.0345. The zero-order valence-corrected chi connectivity index (χ0v) is 16.5. The number of hydrogen-bond acceptors (Lipinski definition) is 4. The molecule has 1 amide bonds. The molecular weight excluding hydrogens is 342 g/mol. The Morgan fingerprint density at radius 3 is 2.19 bits per heavy atom. The molecule has 2 aromatic rings. The van der Waals surface area contributed by atoms with Crippen LogP contribution in [0.2, 0.25) is 0 Å². The smallest absolute Gasteiger partial charge is 0.223 e. The Morgan fingerprint density at radius 1 is 0.926 bits per heavy atom. The van der Waals surface area contributed by atoms with Gasteiger partial charge in [0.25, 0.3) is 0 Å². The molecule has 0 heterocycles. The Labute approximate surface area is 160 Å². The van der Waals surface area contributed by atoms with Crippen LogP contribution in [-0.4, -0.2) is 37.4 Å². The predicted molar refractivity (Wildman–Crippen MR) is 105 cm³/mol. The van der Waals surface area contributed by atoms with Crippen LogP contribution in [0, 0.1) is 6.92 Å². The molecule has 0 N–H and O–H groups in total. The lowest BCUT2D eigenvalue weighted by Gasteiger charge is -2.21. The van der Waals surface area contributed by atoms with Gasteiger partial charge in [0.05, 0.1) is 14.2 Å². The zero-order valence-electron chi connectivity index (χ0n) is 16.5. The van der Waals surface area contributed by atoms with E-state index in [2.05, 4.69) is 0 Å². The maximum absolute atomic E-state index is 12.6. The summed E-state index contributed by atoms with van der Waals surface area (Å²) in [6.45, 7) is 4.95. The fourth-order valence-electron chi connectivity index (χ4n) is 2.84. The number of benzene rings is 2.